The van der Waals surface area contributed by atoms with Crippen LogP contribution in [0.2, 0.25) is 0 Å². The van der Waals surface area contributed by atoms with Crippen LogP contribution in [0.25, 0.3) is 0 Å². The number of ketones is 1. The van der Waals surface area contributed by atoms with Crippen LogP contribution in [-0.2, 0) is 0 Å². The minimum atomic E-state index is -0.184. The highest BCUT2D eigenvalue weighted by Crippen LogP contribution is 2.35. The second-order valence-electron chi connectivity index (χ2n) is 9.45. The van der Waals surface area contributed by atoms with Gasteiger partial charge in [0.2, 0.25) is 0 Å². The van der Waals surface area contributed by atoms with Gasteiger partial charge in [0.05, 0.1) is 11.4 Å². The Balaban J connectivity index is 1.56. The first-order valence-electron chi connectivity index (χ1n) is 11.9. The van der Waals surface area contributed by atoms with Crippen LogP contribution in [0.5, 0.6) is 23.0 Å². The molecule has 4 aromatic carbocycles. The molecule has 5 heteroatoms. The number of hydrogen-bond donors (Lipinski definition) is 2. The molecule has 0 unspecified atom stereocenters. The predicted molar refractivity (Wildman–Crippen MR) is 147 cm³/mol. The van der Waals surface area contributed by atoms with Crippen molar-refractivity contribution in [2.24, 2.45) is 0 Å². The first-order valence-corrected chi connectivity index (χ1v) is 11.9. The van der Waals surface area contributed by atoms with Gasteiger partial charge in [0.15, 0.2) is 5.78 Å². The molecule has 0 aliphatic heterocycles. The molecular weight excluding hydrogens is 448 g/mol. The van der Waals surface area contributed by atoms with Crippen molar-refractivity contribution in [1.29, 1.82) is 0 Å². The summed E-state index contributed by atoms with van der Waals surface area (Å²) in [7, 11) is 0. The Labute approximate surface area is 212 Å². The molecule has 184 valence electrons. The van der Waals surface area contributed by atoms with Gasteiger partial charge < -0.3 is 20.9 Å². The minimum Gasteiger partial charge on any atom is -0.455 e. The van der Waals surface area contributed by atoms with Gasteiger partial charge in [-0.05, 0) is 123 Å². The topological polar surface area (TPSA) is 87.6 Å². The van der Waals surface area contributed by atoms with E-state index in [0.29, 0.717) is 34.0 Å². The van der Waals surface area contributed by atoms with Gasteiger partial charge in [-0.25, -0.2) is 0 Å². The summed E-state index contributed by atoms with van der Waals surface area (Å²) in [6, 6.07) is 18.3. The number of hydrogen-bond acceptors (Lipinski definition) is 5. The van der Waals surface area contributed by atoms with Crippen LogP contribution in [0.4, 0.5) is 11.4 Å². The summed E-state index contributed by atoms with van der Waals surface area (Å²) in [6.07, 6.45) is 0. The molecule has 0 atom stereocenters. The van der Waals surface area contributed by atoms with Crippen LogP contribution in [0.1, 0.15) is 49.3 Å². The number of carbonyl (C=O) groups excluding carboxylic acids is 1. The van der Waals surface area contributed by atoms with E-state index >= 15 is 0 Å². The van der Waals surface area contributed by atoms with Gasteiger partial charge in [0.25, 0.3) is 0 Å². The Morgan fingerprint density at radius 2 is 0.944 bits per heavy atom. The second kappa shape index (κ2) is 9.78. The fourth-order valence-corrected chi connectivity index (χ4v) is 4.18. The maximum atomic E-state index is 13.2. The summed E-state index contributed by atoms with van der Waals surface area (Å²) in [5.41, 5.74) is 20.8. The van der Waals surface area contributed by atoms with E-state index in [0.717, 1.165) is 44.9 Å². The summed E-state index contributed by atoms with van der Waals surface area (Å²) < 4.78 is 12.2. The fourth-order valence-electron chi connectivity index (χ4n) is 4.18. The maximum absolute atomic E-state index is 13.2. The van der Waals surface area contributed by atoms with Gasteiger partial charge in [0, 0.05) is 11.1 Å². The third kappa shape index (κ3) is 5.05. The molecule has 0 aliphatic rings. The van der Waals surface area contributed by atoms with E-state index in [1.807, 2.05) is 53.7 Å². The van der Waals surface area contributed by atoms with Crippen LogP contribution in [0.15, 0.2) is 60.7 Å². The van der Waals surface area contributed by atoms with Crippen molar-refractivity contribution >= 4 is 17.2 Å². The number of nitrogens with two attached hydrogens (primary N) is 2. The zero-order valence-electron chi connectivity index (χ0n) is 21.7. The SMILES string of the molecule is Cc1cc(C)c(C)c(Oc2ccc(C(=O)c3ccc(Oc4cc(C)cc(C)c4C)c(N)c3)cc2N)c1. The normalized spacial score (nSPS) is 10.8. The predicted octanol–water partition coefficient (Wildman–Crippen LogP) is 7.52. The number of benzene rings is 4. The monoisotopic (exact) mass is 480 g/mol. The molecule has 4 aromatic rings. The molecule has 0 saturated carbocycles. The maximum Gasteiger partial charge on any atom is 0.193 e. The molecule has 0 aromatic heterocycles. The molecule has 0 heterocycles. The zero-order chi connectivity index (χ0) is 26.1. The molecule has 0 fully saturated rings. The summed E-state index contributed by atoms with van der Waals surface area (Å²) >= 11 is 0. The van der Waals surface area contributed by atoms with Crippen molar-refractivity contribution in [3.63, 3.8) is 0 Å². The minimum absolute atomic E-state index is 0.184. The summed E-state index contributed by atoms with van der Waals surface area (Å²) in [5.74, 6) is 2.33. The first-order chi connectivity index (χ1) is 17.0. The molecule has 4 N–H and O–H groups in total. The van der Waals surface area contributed by atoms with E-state index in [2.05, 4.69) is 12.1 Å². The van der Waals surface area contributed by atoms with Crippen LogP contribution >= 0.6 is 0 Å². The highest BCUT2D eigenvalue weighted by molar-refractivity contribution is 6.10. The molecular formula is C31H32N2O3. The zero-order valence-corrected chi connectivity index (χ0v) is 21.7. The van der Waals surface area contributed by atoms with E-state index in [4.69, 9.17) is 20.9 Å². The lowest BCUT2D eigenvalue weighted by molar-refractivity contribution is 0.103. The highest BCUT2D eigenvalue weighted by atomic mass is 16.5. The number of aryl methyl sites for hydroxylation is 4. The van der Waals surface area contributed by atoms with Crippen molar-refractivity contribution in [1.82, 2.24) is 0 Å². The standard InChI is InChI=1S/C31H32N2O3/c1-17-11-19(3)21(5)29(13-17)35-27-9-7-23(15-25(27)32)31(34)24-8-10-28(26(33)16-24)36-30-14-18(2)12-20(4)22(30)6/h7-16H,32-33H2,1-6H3. The molecule has 5 nitrogen and oxygen atoms in total. The summed E-state index contributed by atoms with van der Waals surface area (Å²) in [6.45, 7) is 12.2. The van der Waals surface area contributed by atoms with Crippen LogP contribution in [-0.4, -0.2) is 5.78 Å². The van der Waals surface area contributed by atoms with Crippen molar-refractivity contribution in [3.8, 4) is 23.0 Å². The van der Waals surface area contributed by atoms with E-state index in [1.165, 1.54) is 0 Å². The third-order valence-electron chi connectivity index (χ3n) is 6.51. The van der Waals surface area contributed by atoms with E-state index in [9.17, 15) is 4.79 Å². The quantitative estimate of drug-likeness (QED) is 0.220. The number of nitrogen functional groups attached to an aromatic ring is 2. The molecule has 0 saturated heterocycles. The molecule has 0 spiro atoms. The molecule has 36 heavy (non-hydrogen) atoms. The van der Waals surface area contributed by atoms with Crippen LogP contribution < -0.4 is 20.9 Å². The number of ether oxygens (including phenoxy) is 2. The van der Waals surface area contributed by atoms with Gasteiger partial charge in [-0.1, -0.05) is 12.1 Å². The van der Waals surface area contributed by atoms with Gasteiger partial charge in [0.1, 0.15) is 23.0 Å². The average Bonchev–Trinajstić information content (AvgIpc) is 2.82. The van der Waals surface area contributed by atoms with Crippen LogP contribution in [0.3, 0.4) is 0 Å². The molecule has 0 amide bonds. The lowest BCUT2D eigenvalue weighted by Crippen LogP contribution is -2.05. The second-order valence-corrected chi connectivity index (χ2v) is 9.45. The fraction of sp³-hybridized carbons (Fsp3) is 0.194. The van der Waals surface area contributed by atoms with E-state index < -0.39 is 0 Å². The van der Waals surface area contributed by atoms with Crippen molar-refractivity contribution < 1.29 is 14.3 Å². The molecule has 0 aliphatic carbocycles. The summed E-state index contributed by atoms with van der Waals surface area (Å²) in [4.78, 5) is 13.2. The van der Waals surface area contributed by atoms with Gasteiger partial charge >= 0.3 is 0 Å². The lowest BCUT2D eigenvalue weighted by atomic mass is 10.0. The molecule has 0 radical (unpaired) electrons. The largest absolute Gasteiger partial charge is 0.455 e. The number of rotatable bonds is 6. The Morgan fingerprint density at radius 1 is 0.556 bits per heavy atom. The Hall–Kier alpha value is -4.25. The Morgan fingerprint density at radius 3 is 1.31 bits per heavy atom. The first kappa shape index (κ1) is 24.9. The number of anilines is 2. The molecule has 0 bridgehead atoms. The van der Waals surface area contributed by atoms with Crippen molar-refractivity contribution in [2.45, 2.75) is 41.5 Å². The van der Waals surface area contributed by atoms with E-state index in [1.54, 1.807) is 36.4 Å². The van der Waals surface area contributed by atoms with Gasteiger partial charge in [-0.3, -0.25) is 4.79 Å². The van der Waals surface area contributed by atoms with Gasteiger partial charge in [-0.2, -0.15) is 0 Å². The smallest absolute Gasteiger partial charge is 0.193 e. The van der Waals surface area contributed by atoms with Crippen molar-refractivity contribution in [3.05, 3.63) is 105 Å². The summed E-state index contributed by atoms with van der Waals surface area (Å²) in [5, 5.41) is 0. The average molecular weight is 481 g/mol. The lowest BCUT2D eigenvalue weighted by Gasteiger charge is -2.15. The number of carbonyl (C=O) groups is 1. The Kier molecular flexibility index (Phi) is 6.75. The van der Waals surface area contributed by atoms with Crippen molar-refractivity contribution in [2.75, 3.05) is 11.5 Å². The Bertz CT molecular complexity index is 1380. The van der Waals surface area contributed by atoms with E-state index in [-0.39, 0.29) is 5.78 Å². The molecule has 4 rings (SSSR count). The van der Waals surface area contributed by atoms with Gasteiger partial charge in [-0.15, -0.1) is 0 Å². The highest BCUT2D eigenvalue weighted by Gasteiger charge is 2.16. The third-order valence-corrected chi connectivity index (χ3v) is 6.51. The van der Waals surface area contributed by atoms with Crippen LogP contribution in [0, 0.1) is 41.5 Å².